The molecule has 11 heavy (non-hydrogen) atoms. The second-order valence-corrected chi connectivity index (χ2v) is 1.89. The van der Waals surface area contributed by atoms with E-state index in [2.05, 4.69) is 4.98 Å². The van der Waals surface area contributed by atoms with E-state index in [9.17, 15) is 0 Å². The third-order valence-corrected chi connectivity index (χ3v) is 0.852. The highest BCUT2D eigenvalue weighted by molar-refractivity contribution is 6.30. The van der Waals surface area contributed by atoms with Gasteiger partial charge in [-0.1, -0.05) is 17.7 Å². The molecule has 0 saturated carbocycles. The number of rotatable bonds is 0. The SMILES string of the molecule is Clc1ccccn1.OB(O)O. The summed E-state index contributed by atoms with van der Waals surface area (Å²) in [6.07, 6.45) is 1.66. The van der Waals surface area contributed by atoms with Crippen LogP contribution in [0.3, 0.4) is 0 Å². The minimum atomic E-state index is -2.17. The number of aromatic nitrogens is 1. The van der Waals surface area contributed by atoms with E-state index in [0.29, 0.717) is 5.15 Å². The maximum absolute atomic E-state index is 7.17. The lowest BCUT2D eigenvalue weighted by atomic mass is 10.3. The predicted molar refractivity (Wildman–Crippen MR) is 41.7 cm³/mol. The average Bonchev–Trinajstić information content (AvgIpc) is 1.87. The summed E-state index contributed by atoms with van der Waals surface area (Å²) in [5, 5.41) is 22.0. The Morgan fingerprint density at radius 3 is 2.00 bits per heavy atom. The monoisotopic (exact) mass is 175 g/mol. The van der Waals surface area contributed by atoms with Crippen LogP contribution in [-0.2, 0) is 0 Å². The lowest BCUT2D eigenvalue weighted by molar-refractivity contribution is 0.278. The lowest BCUT2D eigenvalue weighted by Crippen LogP contribution is -2.07. The molecular formula is C5H7BClNO3. The maximum atomic E-state index is 7.17. The van der Waals surface area contributed by atoms with Crippen molar-refractivity contribution in [1.29, 1.82) is 0 Å². The highest BCUT2D eigenvalue weighted by atomic mass is 35.5. The normalized spacial score (nSPS) is 8.00. The Balaban J connectivity index is 0.000000218. The van der Waals surface area contributed by atoms with E-state index in [0.717, 1.165) is 0 Å². The van der Waals surface area contributed by atoms with Crippen LogP contribution in [0, 0.1) is 0 Å². The van der Waals surface area contributed by atoms with Crippen molar-refractivity contribution in [3.05, 3.63) is 29.5 Å². The van der Waals surface area contributed by atoms with E-state index in [1.165, 1.54) is 0 Å². The summed E-state index contributed by atoms with van der Waals surface area (Å²) in [7, 11) is -2.17. The minimum absolute atomic E-state index is 0.544. The third kappa shape index (κ3) is 9.38. The van der Waals surface area contributed by atoms with Gasteiger partial charge in [0.05, 0.1) is 0 Å². The molecule has 0 aromatic carbocycles. The highest BCUT2D eigenvalue weighted by Gasteiger charge is 1.92. The molecule has 3 N–H and O–H groups in total. The van der Waals surface area contributed by atoms with Crippen molar-refractivity contribution in [3.8, 4) is 0 Å². The Labute approximate surface area is 69.3 Å². The minimum Gasteiger partial charge on any atom is -0.402 e. The van der Waals surface area contributed by atoms with Crippen molar-refractivity contribution < 1.29 is 15.1 Å². The van der Waals surface area contributed by atoms with Gasteiger partial charge in [-0.05, 0) is 12.1 Å². The van der Waals surface area contributed by atoms with Crippen molar-refractivity contribution in [2.24, 2.45) is 0 Å². The molecule has 0 fully saturated rings. The Bertz CT molecular complexity index is 182. The summed E-state index contributed by atoms with van der Waals surface area (Å²) in [6.45, 7) is 0. The van der Waals surface area contributed by atoms with Crippen LogP contribution < -0.4 is 0 Å². The lowest BCUT2D eigenvalue weighted by Gasteiger charge is -1.79. The first-order valence-corrected chi connectivity index (χ1v) is 3.11. The molecular weight excluding hydrogens is 168 g/mol. The van der Waals surface area contributed by atoms with Gasteiger partial charge in [-0.15, -0.1) is 0 Å². The van der Waals surface area contributed by atoms with Gasteiger partial charge in [0.15, 0.2) is 0 Å². The Kier molecular flexibility index (Phi) is 5.78. The van der Waals surface area contributed by atoms with Gasteiger partial charge in [-0.3, -0.25) is 0 Å². The van der Waals surface area contributed by atoms with Crippen molar-refractivity contribution in [1.82, 2.24) is 4.98 Å². The van der Waals surface area contributed by atoms with Gasteiger partial charge in [0.2, 0.25) is 0 Å². The maximum Gasteiger partial charge on any atom is 0.631 e. The smallest absolute Gasteiger partial charge is 0.402 e. The third-order valence-electron chi connectivity index (χ3n) is 0.629. The van der Waals surface area contributed by atoms with Crippen molar-refractivity contribution in [3.63, 3.8) is 0 Å². The van der Waals surface area contributed by atoms with Crippen molar-refractivity contribution >= 4 is 18.9 Å². The summed E-state index contributed by atoms with van der Waals surface area (Å²) in [6, 6.07) is 5.41. The Hall–Kier alpha value is -0.615. The molecule has 1 heterocycles. The van der Waals surface area contributed by atoms with Crippen LogP contribution in [-0.4, -0.2) is 27.4 Å². The van der Waals surface area contributed by atoms with Gasteiger partial charge in [-0.25, -0.2) is 4.98 Å². The molecule has 0 aliphatic heterocycles. The molecule has 6 heteroatoms. The van der Waals surface area contributed by atoms with E-state index in [1.807, 2.05) is 12.1 Å². The van der Waals surface area contributed by atoms with E-state index >= 15 is 0 Å². The van der Waals surface area contributed by atoms with E-state index < -0.39 is 7.32 Å². The topological polar surface area (TPSA) is 73.6 Å². The molecule has 60 valence electrons. The van der Waals surface area contributed by atoms with Crippen LogP contribution in [0.15, 0.2) is 24.4 Å². The summed E-state index contributed by atoms with van der Waals surface area (Å²) in [5.41, 5.74) is 0. The van der Waals surface area contributed by atoms with Crippen LogP contribution in [0.1, 0.15) is 0 Å². The fourth-order valence-corrected chi connectivity index (χ4v) is 0.471. The summed E-state index contributed by atoms with van der Waals surface area (Å²) < 4.78 is 0. The van der Waals surface area contributed by atoms with Crippen molar-refractivity contribution in [2.45, 2.75) is 0 Å². The number of halogens is 1. The van der Waals surface area contributed by atoms with Crippen LogP contribution in [0.4, 0.5) is 0 Å². The van der Waals surface area contributed by atoms with E-state index in [1.54, 1.807) is 12.3 Å². The molecule has 0 unspecified atom stereocenters. The zero-order chi connectivity index (χ0) is 8.69. The first kappa shape index (κ1) is 10.4. The first-order valence-electron chi connectivity index (χ1n) is 2.73. The van der Waals surface area contributed by atoms with E-state index in [-0.39, 0.29) is 0 Å². The summed E-state index contributed by atoms with van der Waals surface area (Å²) in [4.78, 5) is 3.74. The number of hydrogen-bond acceptors (Lipinski definition) is 4. The quantitative estimate of drug-likeness (QED) is 0.373. The molecule has 0 radical (unpaired) electrons. The predicted octanol–water partition coefficient (Wildman–Crippen LogP) is -0.317. The van der Waals surface area contributed by atoms with Crippen molar-refractivity contribution in [2.75, 3.05) is 0 Å². The van der Waals surface area contributed by atoms with Gasteiger partial charge in [0, 0.05) is 6.20 Å². The van der Waals surface area contributed by atoms with Crippen LogP contribution in [0.5, 0.6) is 0 Å². The second-order valence-electron chi connectivity index (χ2n) is 1.50. The fraction of sp³-hybridized carbons (Fsp3) is 0. The highest BCUT2D eigenvalue weighted by Crippen LogP contribution is 1.98. The van der Waals surface area contributed by atoms with Gasteiger partial charge in [0.25, 0.3) is 0 Å². The largest absolute Gasteiger partial charge is 0.631 e. The molecule has 0 spiro atoms. The average molecular weight is 175 g/mol. The molecule has 0 bridgehead atoms. The summed E-state index contributed by atoms with van der Waals surface area (Å²) >= 11 is 5.43. The van der Waals surface area contributed by atoms with Crippen LogP contribution in [0.2, 0.25) is 5.15 Å². The molecule has 4 nitrogen and oxygen atoms in total. The van der Waals surface area contributed by atoms with E-state index in [4.69, 9.17) is 26.7 Å². The second kappa shape index (κ2) is 6.12. The van der Waals surface area contributed by atoms with Gasteiger partial charge >= 0.3 is 7.32 Å². The molecule has 0 aliphatic carbocycles. The zero-order valence-corrected chi connectivity index (χ0v) is 6.31. The molecule has 0 atom stereocenters. The number of hydrogen-bond donors (Lipinski definition) is 3. The number of pyridine rings is 1. The Morgan fingerprint density at radius 1 is 1.27 bits per heavy atom. The molecule has 0 amide bonds. The van der Waals surface area contributed by atoms with Crippen LogP contribution >= 0.6 is 11.6 Å². The Morgan fingerprint density at radius 2 is 1.82 bits per heavy atom. The molecule has 1 aromatic rings. The molecule has 1 aromatic heterocycles. The summed E-state index contributed by atoms with van der Waals surface area (Å²) in [5.74, 6) is 0. The van der Waals surface area contributed by atoms with Gasteiger partial charge in [-0.2, -0.15) is 0 Å². The molecule has 0 aliphatic rings. The molecule has 1 rings (SSSR count). The number of nitrogens with zero attached hydrogens (tertiary/aromatic N) is 1. The molecule has 0 saturated heterocycles. The van der Waals surface area contributed by atoms with Gasteiger partial charge < -0.3 is 15.1 Å². The van der Waals surface area contributed by atoms with Gasteiger partial charge in [0.1, 0.15) is 5.15 Å². The van der Waals surface area contributed by atoms with Crippen LogP contribution in [0.25, 0.3) is 0 Å². The zero-order valence-electron chi connectivity index (χ0n) is 5.55. The standard InChI is InChI=1S/C5H4ClN.BH3O3/c6-5-3-1-2-4-7-5;2-1(3)4/h1-4H;2-4H. The fourth-order valence-electron chi connectivity index (χ4n) is 0.342. The first-order chi connectivity index (χ1) is 5.13.